The molecule has 0 spiro atoms. The van der Waals surface area contributed by atoms with Crippen molar-refractivity contribution in [2.75, 3.05) is 13.6 Å². The maximum Gasteiger partial charge on any atom is 0.0873 e. The molecule has 2 aromatic rings. The Morgan fingerprint density at radius 1 is 1.35 bits per heavy atom. The summed E-state index contributed by atoms with van der Waals surface area (Å²) in [6.45, 7) is 4.90. The number of benzene rings is 1. The van der Waals surface area contributed by atoms with E-state index < -0.39 is 6.10 Å². The Morgan fingerprint density at radius 3 is 2.76 bits per heavy atom. The Balaban J connectivity index is 2.40. The molecule has 1 aromatic heterocycles. The van der Waals surface area contributed by atoms with Crippen LogP contribution >= 0.6 is 0 Å². The summed E-state index contributed by atoms with van der Waals surface area (Å²) in [7, 11) is 1.91. The lowest BCUT2D eigenvalue weighted by Gasteiger charge is -2.30. The van der Waals surface area contributed by atoms with E-state index in [2.05, 4.69) is 24.1 Å². The molecule has 0 aliphatic heterocycles. The summed E-state index contributed by atoms with van der Waals surface area (Å²) in [4.78, 5) is 3.20. The molecule has 0 amide bonds. The first kappa shape index (κ1) is 12.1. The van der Waals surface area contributed by atoms with Crippen molar-refractivity contribution in [2.24, 2.45) is 5.41 Å². The fraction of sp³-hybridized carbons (Fsp3) is 0.429. The lowest BCUT2D eigenvalue weighted by Crippen LogP contribution is -2.32. The number of aromatic nitrogens is 1. The van der Waals surface area contributed by atoms with Crippen LogP contribution in [0, 0.1) is 5.41 Å². The molecule has 2 rings (SSSR count). The maximum absolute atomic E-state index is 10.5. The highest BCUT2D eigenvalue weighted by molar-refractivity contribution is 5.83. The molecule has 0 fully saturated rings. The molecule has 0 saturated heterocycles. The second kappa shape index (κ2) is 4.51. The van der Waals surface area contributed by atoms with Gasteiger partial charge in [-0.15, -0.1) is 0 Å². The van der Waals surface area contributed by atoms with Crippen LogP contribution in [0.1, 0.15) is 25.5 Å². The van der Waals surface area contributed by atoms with Gasteiger partial charge in [-0.3, -0.25) is 0 Å². The van der Waals surface area contributed by atoms with Gasteiger partial charge in [0.25, 0.3) is 0 Å². The van der Waals surface area contributed by atoms with Crippen LogP contribution in [0.15, 0.2) is 30.5 Å². The van der Waals surface area contributed by atoms with Crippen molar-refractivity contribution in [2.45, 2.75) is 20.0 Å². The van der Waals surface area contributed by atoms with E-state index in [9.17, 15) is 5.11 Å². The SMILES string of the molecule is CNCC(C)(C)C(O)c1c[nH]c2ccccc12. The molecule has 0 aliphatic carbocycles. The van der Waals surface area contributed by atoms with Gasteiger partial charge in [-0.2, -0.15) is 0 Å². The summed E-state index contributed by atoms with van der Waals surface area (Å²) in [6, 6.07) is 8.06. The largest absolute Gasteiger partial charge is 0.388 e. The van der Waals surface area contributed by atoms with Crippen LogP contribution in [-0.4, -0.2) is 23.7 Å². The molecule has 0 bridgehead atoms. The molecule has 0 radical (unpaired) electrons. The Bertz CT molecular complexity index is 502. The third-order valence-corrected chi connectivity index (χ3v) is 3.29. The van der Waals surface area contributed by atoms with Crippen molar-refractivity contribution in [1.29, 1.82) is 0 Å². The smallest absolute Gasteiger partial charge is 0.0873 e. The van der Waals surface area contributed by atoms with E-state index in [1.807, 2.05) is 37.5 Å². The highest BCUT2D eigenvalue weighted by Crippen LogP contribution is 2.36. The molecule has 92 valence electrons. The first-order valence-electron chi connectivity index (χ1n) is 5.95. The number of para-hydroxylation sites is 1. The van der Waals surface area contributed by atoms with Crippen molar-refractivity contribution in [3.8, 4) is 0 Å². The summed E-state index contributed by atoms with van der Waals surface area (Å²) < 4.78 is 0. The number of aliphatic hydroxyl groups excluding tert-OH is 1. The minimum atomic E-state index is -0.480. The number of H-pyrrole nitrogens is 1. The van der Waals surface area contributed by atoms with Crippen molar-refractivity contribution >= 4 is 10.9 Å². The summed E-state index contributed by atoms with van der Waals surface area (Å²) in [6.07, 6.45) is 1.43. The molecule has 1 aromatic carbocycles. The molecule has 17 heavy (non-hydrogen) atoms. The topological polar surface area (TPSA) is 48.0 Å². The summed E-state index contributed by atoms with van der Waals surface area (Å²) in [5.74, 6) is 0. The molecule has 3 heteroatoms. The predicted octanol–water partition coefficient (Wildman–Crippen LogP) is 2.45. The molecule has 1 atom stereocenters. The van der Waals surface area contributed by atoms with Crippen LogP contribution < -0.4 is 5.32 Å². The molecule has 1 unspecified atom stereocenters. The van der Waals surface area contributed by atoms with Gasteiger partial charge in [-0.25, -0.2) is 0 Å². The van der Waals surface area contributed by atoms with E-state index in [1.54, 1.807) is 0 Å². The summed E-state index contributed by atoms with van der Waals surface area (Å²) in [5, 5.41) is 14.7. The number of nitrogens with one attached hydrogen (secondary N) is 2. The lowest BCUT2D eigenvalue weighted by atomic mass is 9.82. The summed E-state index contributed by atoms with van der Waals surface area (Å²) >= 11 is 0. The van der Waals surface area contributed by atoms with Gasteiger partial charge in [0, 0.05) is 34.6 Å². The van der Waals surface area contributed by atoms with Crippen molar-refractivity contribution < 1.29 is 5.11 Å². The molecule has 3 N–H and O–H groups in total. The highest BCUT2D eigenvalue weighted by atomic mass is 16.3. The van der Waals surface area contributed by atoms with Gasteiger partial charge < -0.3 is 15.4 Å². The van der Waals surface area contributed by atoms with E-state index in [0.717, 1.165) is 23.0 Å². The number of hydrogen-bond donors (Lipinski definition) is 3. The van der Waals surface area contributed by atoms with Gasteiger partial charge in [0.2, 0.25) is 0 Å². The maximum atomic E-state index is 10.5. The van der Waals surface area contributed by atoms with E-state index in [4.69, 9.17) is 0 Å². The van der Waals surface area contributed by atoms with Crippen molar-refractivity contribution in [3.63, 3.8) is 0 Å². The number of aliphatic hydroxyl groups is 1. The normalized spacial score (nSPS) is 14.1. The Labute approximate surface area is 102 Å². The average Bonchev–Trinajstić information content (AvgIpc) is 2.71. The fourth-order valence-electron chi connectivity index (χ4n) is 2.29. The first-order valence-corrected chi connectivity index (χ1v) is 5.95. The Kier molecular flexibility index (Phi) is 3.22. The number of aromatic amines is 1. The van der Waals surface area contributed by atoms with Gasteiger partial charge in [0.1, 0.15) is 0 Å². The third kappa shape index (κ3) is 2.21. The first-order chi connectivity index (χ1) is 8.06. The molecule has 0 aliphatic rings. The molecule has 1 heterocycles. The van der Waals surface area contributed by atoms with Crippen LogP contribution in [0.3, 0.4) is 0 Å². The van der Waals surface area contributed by atoms with Gasteiger partial charge in [0.05, 0.1) is 6.10 Å². The zero-order valence-electron chi connectivity index (χ0n) is 10.6. The minimum absolute atomic E-state index is 0.195. The number of fused-ring (bicyclic) bond motifs is 1. The van der Waals surface area contributed by atoms with Crippen LogP contribution in [0.25, 0.3) is 10.9 Å². The zero-order valence-corrected chi connectivity index (χ0v) is 10.6. The second-order valence-corrected chi connectivity index (χ2v) is 5.21. The number of rotatable bonds is 4. The number of hydrogen-bond acceptors (Lipinski definition) is 2. The quantitative estimate of drug-likeness (QED) is 0.758. The predicted molar refractivity (Wildman–Crippen MR) is 71.0 cm³/mol. The average molecular weight is 232 g/mol. The van der Waals surface area contributed by atoms with Crippen molar-refractivity contribution in [3.05, 3.63) is 36.0 Å². The Morgan fingerprint density at radius 2 is 2.06 bits per heavy atom. The van der Waals surface area contributed by atoms with E-state index >= 15 is 0 Å². The lowest BCUT2D eigenvalue weighted by molar-refractivity contribution is 0.0518. The monoisotopic (exact) mass is 232 g/mol. The molecular formula is C14H20N2O. The fourth-order valence-corrected chi connectivity index (χ4v) is 2.29. The van der Waals surface area contributed by atoms with Gasteiger partial charge in [-0.05, 0) is 13.1 Å². The molecule has 3 nitrogen and oxygen atoms in total. The van der Waals surface area contributed by atoms with E-state index in [0.29, 0.717) is 0 Å². The minimum Gasteiger partial charge on any atom is -0.388 e. The van der Waals surface area contributed by atoms with Gasteiger partial charge in [-0.1, -0.05) is 32.0 Å². The zero-order chi connectivity index (χ0) is 12.5. The van der Waals surface area contributed by atoms with Gasteiger partial charge >= 0.3 is 0 Å². The standard InChI is InChI=1S/C14H20N2O/c1-14(2,9-15-3)13(17)11-8-16-12-7-5-4-6-10(11)12/h4-8,13,15-17H,9H2,1-3H3. The third-order valence-electron chi connectivity index (χ3n) is 3.29. The Hall–Kier alpha value is -1.32. The van der Waals surface area contributed by atoms with E-state index in [-0.39, 0.29) is 5.41 Å². The van der Waals surface area contributed by atoms with Gasteiger partial charge in [0.15, 0.2) is 0 Å². The molecule has 0 saturated carbocycles. The summed E-state index contributed by atoms with van der Waals surface area (Å²) in [5.41, 5.74) is 1.85. The highest BCUT2D eigenvalue weighted by Gasteiger charge is 2.30. The van der Waals surface area contributed by atoms with E-state index in [1.165, 1.54) is 0 Å². The van der Waals surface area contributed by atoms with Crippen LogP contribution in [-0.2, 0) is 0 Å². The second-order valence-electron chi connectivity index (χ2n) is 5.21. The van der Waals surface area contributed by atoms with Crippen LogP contribution in [0.2, 0.25) is 0 Å². The molecular weight excluding hydrogens is 212 g/mol. The van der Waals surface area contributed by atoms with Crippen LogP contribution in [0.4, 0.5) is 0 Å². The van der Waals surface area contributed by atoms with Crippen LogP contribution in [0.5, 0.6) is 0 Å². The van der Waals surface area contributed by atoms with Crippen molar-refractivity contribution in [1.82, 2.24) is 10.3 Å².